The first-order chi connectivity index (χ1) is 6.20. The van der Waals surface area contributed by atoms with Crippen molar-refractivity contribution in [3.05, 3.63) is 0 Å². The number of nitrogens with zero attached hydrogens (tertiary/aromatic N) is 3. The molecule has 1 heterocycles. The van der Waals surface area contributed by atoms with Crippen molar-refractivity contribution in [2.24, 2.45) is 10.9 Å². The maximum absolute atomic E-state index is 11.6. The second-order valence-corrected chi connectivity index (χ2v) is 3.48. The lowest BCUT2D eigenvalue weighted by Gasteiger charge is -2.17. The Hall–Kier alpha value is -1.02. The molecule has 13 heavy (non-hydrogen) atoms. The molecule has 0 saturated heterocycles. The summed E-state index contributed by atoms with van der Waals surface area (Å²) in [5.74, 6) is -0.719. The van der Waals surface area contributed by atoms with Gasteiger partial charge in [0.05, 0.1) is 12.6 Å². The Labute approximate surface area is 81.6 Å². The normalized spacial score (nSPS) is 17.9. The third kappa shape index (κ3) is 2.01. The molecule has 0 fully saturated rings. The molecule has 1 amide bonds. The van der Waals surface area contributed by atoms with E-state index in [4.69, 9.17) is 5.26 Å². The summed E-state index contributed by atoms with van der Waals surface area (Å²) in [5, 5.41) is 9.31. The number of nitriles is 1. The Kier molecular flexibility index (Phi) is 3.32. The van der Waals surface area contributed by atoms with Crippen LogP contribution in [0.1, 0.15) is 6.92 Å². The summed E-state index contributed by atoms with van der Waals surface area (Å²) in [5.41, 5.74) is 0. The molecule has 0 bridgehead atoms. The molecule has 5 heteroatoms. The van der Waals surface area contributed by atoms with Gasteiger partial charge in [0, 0.05) is 6.54 Å². The summed E-state index contributed by atoms with van der Waals surface area (Å²) in [7, 11) is 0. The van der Waals surface area contributed by atoms with Gasteiger partial charge in [-0.15, -0.1) is 0 Å². The number of carbonyl (C=O) groups excluding carboxylic acids is 1. The van der Waals surface area contributed by atoms with Gasteiger partial charge in [-0.1, -0.05) is 11.8 Å². The van der Waals surface area contributed by atoms with Crippen LogP contribution in [0.3, 0.4) is 0 Å². The molecule has 1 aliphatic heterocycles. The molecule has 1 rings (SSSR count). The number of thioether (sulfide) groups is 1. The molecule has 1 unspecified atom stereocenters. The highest BCUT2D eigenvalue weighted by atomic mass is 32.2. The van der Waals surface area contributed by atoms with Gasteiger partial charge in [0.15, 0.2) is 5.17 Å². The number of rotatable bonds is 1. The Bertz CT molecular complexity index is 282. The van der Waals surface area contributed by atoms with E-state index in [1.54, 1.807) is 11.8 Å². The highest BCUT2D eigenvalue weighted by Gasteiger charge is 2.26. The Morgan fingerprint density at radius 3 is 3.08 bits per heavy atom. The summed E-state index contributed by atoms with van der Waals surface area (Å²) in [4.78, 5) is 17.3. The molecule has 0 N–H and O–H groups in total. The van der Waals surface area contributed by atoms with Crippen molar-refractivity contribution in [2.75, 3.05) is 19.3 Å². The maximum atomic E-state index is 11.6. The van der Waals surface area contributed by atoms with Gasteiger partial charge >= 0.3 is 0 Å². The van der Waals surface area contributed by atoms with Gasteiger partial charge in [-0.2, -0.15) is 5.26 Å². The highest BCUT2D eigenvalue weighted by Crippen LogP contribution is 2.14. The van der Waals surface area contributed by atoms with Gasteiger partial charge in [-0.3, -0.25) is 14.7 Å². The first kappa shape index (κ1) is 10.1. The number of hydrogen-bond acceptors (Lipinski definition) is 4. The SMILES string of the molecule is CSC1=NCCN1C(=O)C(C)C#N. The average molecular weight is 197 g/mol. The summed E-state index contributed by atoms with van der Waals surface area (Å²) in [6.45, 7) is 2.87. The largest absolute Gasteiger partial charge is 0.289 e. The maximum Gasteiger partial charge on any atom is 0.245 e. The summed E-state index contributed by atoms with van der Waals surface area (Å²) >= 11 is 1.44. The van der Waals surface area contributed by atoms with E-state index in [-0.39, 0.29) is 5.91 Å². The van der Waals surface area contributed by atoms with E-state index in [1.807, 2.05) is 12.3 Å². The minimum absolute atomic E-state index is 0.145. The minimum Gasteiger partial charge on any atom is -0.289 e. The third-order valence-electron chi connectivity index (χ3n) is 1.81. The topological polar surface area (TPSA) is 56.5 Å². The van der Waals surface area contributed by atoms with Gasteiger partial charge in [-0.25, -0.2) is 0 Å². The fourth-order valence-corrected chi connectivity index (χ4v) is 1.72. The van der Waals surface area contributed by atoms with Crippen molar-refractivity contribution in [3.8, 4) is 6.07 Å². The molecule has 1 aliphatic rings. The van der Waals surface area contributed by atoms with Crippen molar-refractivity contribution in [3.63, 3.8) is 0 Å². The molecule has 1 atom stereocenters. The van der Waals surface area contributed by atoms with Crippen LogP contribution in [0.4, 0.5) is 0 Å². The quantitative estimate of drug-likeness (QED) is 0.622. The number of amides is 1. The van der Waals surface area contributed by atoms with Crippen molar-refractivity contribution in [1.29, 1.82) is 5.26 Å². The van der Waals surface area contributed by atoms with E-state index < -0.39 is 5.92 Å². The summed E-state index contributed by atoms with van der Waals surface area (Å²) < 4.78 is 0. The monoisotopic (exact) mass is 197 g/mol. The van der Waals surface area contributed by atoms with Crippen LogP contribution in [0.25, 0.3) is 0 Å². The molecule has 0 radical (unpaired) electrons. The predicted octanol–water partition coefficient (Wildman–Crippen LogP) is 0.707. The third-order valence-corrected chi connectivity index (χ3v) is 2.53. The van der Waals surface area contributed by atoms with Crippen LogP contribution in [0.15, 0.2) is 4.99 Å². The molecule has 4 nitrogen and oxygen atoms in total. The lowest BCUT2D eigenvalue weighted by Crippen LogP contribution is -2.36. The number of hydrogen-bond donors (Lipinski definition) is 0. The zero-order valence-corrected chi connectivity index (χ0v) is 8.47. The van der Waals surface area contributed by atoms with E-state index >= 15 is 0 Å². The van der Waals surface area contributed by atoms with E-state index in [9.17, 15) is 4.79 Å². The van der Waals surface area contributed by atoms with E-state index in [0.29, 0.717) is 13.1 Å². The van der Waals surface area contributed by atoms with Crippen LogP contribution >= 0.6 is 11.8 Å². The minimum atomic E-state index is -0.574. The highest BCUT2D eigenvalue weighted by molar-refractivity contribution is 8.13. The lowest BCUT2D eigenvalue weighted by atomic mass is 10.2. The number of aliphatic imine (C=N–C) groups is 1. The van der Waals surface area contributed by atoms with Crippen LogP contribution < -0.4 is 0 Å². The van der Waals surface area contributed by atoms with E-state index in [0.717, 1.165) is 5.17 Å². The fraction of sp³-hybridized carbons (Fsp3) is 0.625. The summed E-state index contributed by atoms with van der Waals surface area (Å²) in [6, 6.07) is 1.93. The van der Waals surface area contributed by atoms with Crippen LogP contribution in [0, 0.1) is 17.2 Å². The predicted molar refractivity (Wildman–Crippen MR) is 52.3 cm³/mol. The number of amidine groups is 1. The molecule has 0 saturated carbocycles. The second kappa shape index (κ2) is 4.28. The lowest BCUT2D eigenvalue weighted by molar-refractivity contribution is -0.128. The molecule has 0 aromatic heterocycles. The standard InChI is InChI=1S/C8H11N3OS/c1-6(5-9)7(12)11-4-3-10-8(11)13-2/h6H,3-4H2,1-2H3. The molecule has 0 aliphatic carbocycles. The molecule has 70 valence electrons. The van der Waals surface area contributed by atoms with Crippen molar-refractivity contribution in [1.82, 2.24) is 4.90 Å². The fourth-order valence-electron chi connectivity index (χ4n) is 1.09. The van der Waals surface area contributed by atoms with Gasteiger partial charge < -0.3 is 0 Å². The molecule has 0 aromatic rings. The zero-order chi connectivity index (χ0) is 9.84. The Balaban J connectivity index is 2.69. The molecule has 0 aromatic carbocycles. The van der Waals surface area contributed by atoms with Crippen molar-refractivity contribution >= 4 is 22.8 Å². The zero-order valence-electron chi connectivity index (χ0n) is 7.65. The van der Waals surface area contributed by atoms with Crippen LogP contribution in [0.2, 0.25) is 0 Å². The van der Waals surface area contributed by atoms with Crippen LogP contribution in [0.5, 0.6) is 0 Å². The van der Waals surface area contributed by atoms with Crippen LogP contribution in [-0.2, 0) is 4.79 Å². The number of carbonyl (C=O) groups is 1. The first-order valence-electron chi connectivity index (χ1n) is 4.00. The average Bonchev–Trinajstić information content (AvgIpc) is 2.62. The second-order valence-electron chi connectivity index (χ2n) is 2.71. The van der Waals surface area contributed by atoms with Crippen molar-refractivity contribution in [2.45, 2.75) is 6.92 Å². The van der Waals surface area contributed by atoms with Gasteiger partial charge in [0.2, 0.25) is 5.91 Å². The van der Waals surface area contributed by atoms with Crippen molar-refractivity contribution < 1.29 is 4.79 Å². The van der Waals surface area contributed by atoms with E-state index in [2.05, 4.69) is 4.99 Å². The smallest absolute Gasteiger partial charge is 0.245 e. The Morgan fingerprint density at radius 1 is 1.85 bits per heavy atom. The Morgan fingerprint density at radius 2 is 2.54 bits per heavy atom. The molecular weight excluding hydrogens is 186 g/mol. The van der Waals surface area contributed by atoms with Gasteiger partial charge in [0.25, 0.3) is 0 Å². The van der Waals surface area contributed by atoms with E-state index in [1.165, 1.54) is 11.8 Å². The molecular formula is C8H11N3OS. The van der Waals surface area contributed by atoms with Gasteiger partial charge in [-0.05, 0) is 13.2 Å². The van der Waals surface area contributed by atoms with Gasteiger partial charge in [0.1, 0.15) is 5.92 Å². The first-order valence-corrected chi connectivity index (χ1v) is 5.22. The molecule has 0 spiro atoms. The van der Waals surface area contributed by atoms with Crippen LogP contribution in [-0.4, -0.2) is 35.3 Å². The summed E-state index contributed by atoms with van der Waals surface area (Å²) in [6.07, 6.45) is 1.88.